The highest BCUT2D eigenvalue weighted by Gasteiger charge is 2.18. The molecule has 0 aromatic carbocycles. The molecule has 0 saturated heterocycles. The molecular formula is C44H83N2O5+. The Balaban J connectivity index is 3.92. The number of unbranched alkanes of at least 4 members (excludes halogenated alkanes) is 22. The minimum atomic E-state index is -0.204. The molecule has 0 rings (SSSR count). The maximum Gasteiger partial charge on any atom is 0.305 e. The van der Waals surface area contributed by atoms with Crippen molar-refractivity contribution in [1.82, 2.24) is 4.90 Å². The number of ether oxygens (including phenoxy) is 2. The van der Waals surface area contributed by atoms with Gasteiger partial charge in [0.2, 0.25) is 0 Å². The summed E-state index contributed by atoms with van der Waals surface area (Å²) in [5.41, 5.74) is 0. The van der Waals surface area contributed by atoms with E-state index in [1.807, 2.05) is 14.1 Å². The largest absolute Gasteiger partial charge is 0.464 e. The number of rotatable bonds is 38. The van der Waals surface area contributed by atoms with Crippen LogP contribution in [-0.4, -0.2) is 69.7 Å². The average molecular weight is 720 g/mol. The molecule has 51 heavy (non-hydrogen) atoms. The Morgan fingerprint density at radius 2 is 0.784 bits per heavy atom. The number of carbonyl (C=O) groups excluding carboxylic acids is 3. The minimum absolute atomic E-state index is 0.0309. The highest BCUT2D eigenvalue weighted by molar-refractivity contribution is 5.77. The van der Waals surface area contributed by atoms with Gasteiger partial charge in [0, 0.05) is 12.8 Å². The predicted molar refractivity (Wildman–Crippen MR) is 215 cm³/mol. The van der Waals surface area contributed by atoms with Crippen LogP contribution in [-0.2, 0) is 23.9 Å². The van der Waals surface area contributed by atoms with Crippen molar-refractivity contribution in [1.29, 1.82) is 0 Å². The normalized spacial score (nSPS) is 11.6. The van der Waals surface area contributed by atoms with Crippen LogP contribution < -0.4 is 4.90 Å². The fourth-order valence-corrected chi connectivity index (χ4v) is 6.14. The third kappa shape index (κ3) is 37.4. The van der Waals surface area contributed by atoms with E-state index in [9.17, 15) is 14.4 Å². The molecule has 1 N–H and O–H groups in total. The molecule has 7 nitrogen and oxygen atoms in total. The van der Waals surface area contributed by atoms with Crippen LogP contribution in [0.25, 0.3) is 0 Å². The Hall–Kier alpha value is -2.15. The van der Waals surface area contributed by atoms with Gasteiger partial charge in [0.05, 0.1) is 27.2 Å². The highest BCUT2D eigenvalue weighted by Crippen LogP contribution is 2.12. The molecule has 0 unspecified atom stereocenters. The lowest BCUT2D eigenvalue weighted by Crippen LogP contribution is -3.07. The smallest absolute Gasteiger partial charge is 0.305 e. The summed E-state index contributed by atoms with van der Waals surface area (Å²) in [4.78, 5) is 40.0. The fourth-order valence-electron chi connectivity index (χ4n) is 6.14. The third-order valence-corrected chi connectivity index (χ3v) is 9.39. The van der Waals surface area contributed by atoms with Crippen molar-refractivity contribution in [2.45, 2.75) is 194 Å². The van der Waals surface area contributed by atoms with Gasteiger partial charge in [-0.25, -0.2) is 0 Å². The first kappa shape index (κ1) is 48.9. The molecule has 0 bridgehead atoms. The van der Waals surface area contributed by atoms with Crippen molar-refractivity contribution < 1.29 is 28.8 Å². The summed E-state index contributed by atoms with van der Waals surface area (Å²) in [6.07, 6.45) is 42.0. The zero-order valence-corrected chi connectivity index (χ0v) is 34.1. The van der Waals surface area contributed by atoms with Gasteiger partial charge >= 0.3 is 11.9 Å². The van der Waals surface area contributed by atoms with Gasteiger partial charge in [0.1, 0.15) is 13.2 Å². The van der Waals surface area contributed by atoms with E-state index in [1.165, 1.54) is 116 Å². The molecule has 0 atom stereocenters. The van der Waals surface area contributed by atoms with Crippen LogP contribution in [0, 0.1) is 0 Å². The number of nitrogens with zero attached hydrogens (tertiary/aromatic N) is 1. The van der Waals surface area contributed by atoms with Crippen molar-refractivity contribution in [3.63, 3.8) is 0 Å². The molecular weight excluding hydrogens is 636 g/mol. The first-order valence-electron chi connectivity index (χ1n) is 21.6. The molecule has 0 aliphatic carbocycles. The molecule has 0 aliphatic rings. The number of likely N-dealkylation sites (N-methyl/N-ethyl adjacent to an activating group) is 1. The Morgan fingerprint density at radius 3 is 1.12 bits per heavy atom. The summed E-state index contributed by atoms with van der Waals surface area (Å²) >= 11 is 0. The lowest BCUT2D eigenvalue weighted by molar-refractivity contribution is -0.849. The molecule has 0 aromatic heterocycles. The molecule has 0 heterocycles. The average Bonchev–Trinajstić information content (AvgIpc) is 3.10. The number of carbonyl (C=O) groups is 3. The van der Waals surface area contributed by atoms with Gasteiger partial charge in [-0.1, -0.05) is 141 Å². The molecule has 0 aromatic rings. The minimum Gasteiger partial charge on any atom is -0.464 e. The second-order valence-electron chi connectivity index (χ2n) is 14.9. The highest BCUT2D eigenvalue weighted by atomic mass is 16.5. The molecule has 0 saturated carbocycles. The van der Waals surface area contributed by atoms with Crippen molar-refractivity contribution >= 4 is 17.8 Å². The molecule has 0 aliphatic heterocycles. The van der Waals surface area contributed by atoms with Gasteiger partial charge in [0.25, 0.3) is 5.91 Å². The number of hydrogen-bond acceptors (Lipinski definition) is 5. The number of esters is 2. The van der Waals surface area contributed by atoms with E-state index in [4.69, 9.17) is 9.47 Å². The maximum absolute atomic E-state index is 12.8. The number of amides is 1. The third-order valence-electron chi connectivity index (χ3n) is 9.39. The van der Waals surface area contributed by atoms with Crippen molar-refractivity contribution in [3.05, 3.63) is 24.3 Å². The summed E-state index contributed by atoms with van der Waals surface area (Å²) in [5, 5.41) is 0. The number of allylic oxidation sites excluding steroid dienone is 4. The van der Waals surface area contributed by atoms with Crippen LogP contribution in [0.15, 0.2) is 24.3 Å². The summed E-state index contributed by atoms with van der Waals surface area (Å²) < 4.78 is 10.9. The van der Waals surface area contributed by atoms with Gasteiger partial charge in [-0.05, 0) is 64.2 Å². The molecule has 298 valence electrons. The Labute approximate surface area is 315 Å². The summed E-state index contributed by atoms with van der Waals surface area (Å²) in [6, 6.07) is 0. The first-order valence-corrected chi connectivity index (χ1v) is 21.6. The van der Waals surface area contributed by atoms with Crippen molar-refractivity contribution in [2.24, 2.45) is 0 Å². The SMILES string of the molecule is CCCCCCCC/C=C\CCCCCCCC(=O)OCCN(CCOC(=O)CCCCCCC/C=C\CCCCCCCC)C(=O)C[NH+](C)C. The second kappa shape index (κ2) is 39.1. The molecule has 0 fully saturated rings. The van der Waals surface area contributed by atoms with Gasteiger partial charge in [-0.3, -0.25) is 14.4 Å². The maximum atomic E-state index is 12.8. The lowest BCUT2D eigenvalue weighted by Gasteiger charge is -2.23. The molecule has 0 radical (unpaired) electrons. The van der Waals surface area contributed by atoms with Crippen molar-refractivity contribution in [2.75, 3.05) is 46.9 Å². The van der Waals surface area contributed by atoms with Crippen LogP contribution in [0.4, 0.5) is 0 Å². The monoisotopic (exact) mass is 720 g/mol. The van der Waals surface area contributed by atoms with E-state index in [-0.39, 0.29) is 31.1 Å². The Bertz CT molecular complexity index is 798. The van der Waals surface area contributed by atoms with Gasteiger partial charge in [-0.15, -0.1) is 0 Å². The molecule has 0 spiro atoms. The van der Waals surface area contributed by atoms with E-state index in [1.54, 1.807) is 4.90 Å². The van der Waals surface area contributed by atoms with Gasteiger partial charge < -0.3 is 19.3 Å². The van der Waals surface area contributed by atoms with Crippen LogP contribution in [0.5, 0.6) is 0 Å². The predicted octanol–water partition coefficient (Wildman–Crippen LogP) is 10.1. The van der Waals surface area contributed by atoms with Crippen molar-refractivity contribution in [3.8, 4) is 0 Å². The van der Waals surface area contributed by atoms with E-state index < -0.39 is 0 Å². The number of hydrogen-bond donors (Lipinski definition) is 1. The first-order chi connectivity index (χ1) is 24.9. The zero-order chi connectivity index (χ0) is 37.5. The van der Waals surface area contributed by atoms with E-state index >= 15 is 0 Å². The van der Waals surface area contributed by atoms with Crippen LogP contribution in [0.3, 0.4) is 0 Å². The van der Waals surface area contributed by atoms with E-state index in [0.717, 1.165) is 56.3 Å². The lowest BCUT2D eigenvalue weighted by atomic mass is 10.1. The molecule has 1 amide bonds. The zero-order valence-electron chi connectivity index (χ0n) is 34.1. The summed E-state index contributed by atoms with van der Waals surface area (Å²) in [5.74, 6) is -0.439. The topological polar surface area (TPSA) is 77.3 Å². The quantitative estimate of drug-likeness (QED) is 0.0391. The summed E-state index contributed by atoms with van der Waals surface area (Å²) in [6.45, 7) is 5.83. The van der Waals surface area contributed by atoms with Crippen LogP contribution in [0.2, 0.25) is 0 Å². The van der Waals surface area contributed by atoms with Crippen LogP contribution in [0.1, 0.15) is 194 Å². The second-order valence-corrected chi connectivity index (χ2v) is 14.9. The van der Waals surface area contributed by atoms with Crippen LogP contribution >= 0.6 is 0 Å². The van der Waals surface area contributed by atoms with E-state index in [0.29, 0.717) is 32.5 Å². The summed E-state index contributed by atoms with van der Waals surface area (Å²) in [7, 11) is 3.86. The standard InChI is InChI=1S/C44H82N2O5/c1-5-7-9-11-13-15-17-19-21-23-25-27-29-31-33-35-43(48)50-39-37-46(42(47)41-45(3)4)38-40-51-44(49)36-34-32-30-28-26-24-22-20-18-16-14-12-10-8-6-2/h19-22H,5-18,23-41H2,1-4H3/p+1/b21-19-,22-20-. The number of quaternary nitrogens is 1. The number of nitrogens with one attached hydrogen (secondary N) is 1. The van der Waals surface area contributed by atoms with Gasteiger partial charge in [0.15, 0.2) is 6.54 Å². The van der Waals surface area contributed by atoms with Gasteiger partial charge in [-0.2, -0.15) is 0 Å². The Morgan fingerprint density at radius 1 is 0.471 bits per heavy atom. The molecule has 7 heteroatoms. The Kier molecular flexibility index (Phi) is 37.4. The fraction of sp³-hybridized carbons (Fsp3) is 0.841. The van der Waals surface area contributed by atoms with E-state index in [2.05, 4.69) is 38.2 Å².